The molecule has 0 amide bonds. The second-order valence-electron chi connectivity index (χ2n) is 6.12. The molecule has 1 saturated carbocycles. The Morgan fingerprint density at radius 3 is 2.57 bits per heavy atom. The summed E-state index contributed by atoms with van der Waals surface area (Å²) in [7, 11) is 0. The van der Waals surface area contributed by atoms with Gasteiger partial charge in [0, 0.05) is 16.1 Å². The summed E-state index contributed by atoms with van der Waals surface area (Å²) in [6.45, 7) is 0.359. The van der Waals surface area contributed by atoms with E-state index in [2.05, 4.69) is 27.3 Å². The number of Topliss-reactive ketones (excluding diaryl/α,β-unsaturated/α-hetero) is 1. The normalized spacial score (nSPS) is 15.3. The first-order chi connectivity index (χ1) is 11.2. The number of ketones is 1. The topological polar surface area (TPSA) is 33.0 Å². The van der Waals surface area contributed by atoms with Crippen molar-refractivity contribution in [1.82, 2.24) is 0 Å². The average molecular weight is 374 g/mol. The smallest absolute Gasteiger partial charge is 0.274 e. The van der Waals surface area contributed by atoms with Crippen molar-refractivity contribution < 1.29 is 9.36 Å². The van der Waals surface area contributed by atoms with Gasteiger partial charge in [0.2, 0.25) is 5.78 Å². The van der Waals surface area contributed by atoms with E-state index in [9.17, 15) is 4.79 Å². The molecule has 1 aliphatic rings. The van der Waals surface area contributed by atoms with Crippen molar-refractivity contribution in [3.05, 3.63) is 58.7 Å². The van der Waals surface area contributed by atoms with Crippen LogP contribution >= 0.6 is 15.9 Å². The minimum atomic E-state index is 0.125. The molecular formula is C19H22BrN2O+. The van der Waals surface area contributed by atoms with Gasteiger partial charge in [-0.3, -0.25) is 10.1 Å². The van der Waals surface area contributed by atoms with E-state index >= 15 is 0 Å². The number of halogens is 1. The van der Waals surface area contributed by atoms with Crippen molar-refractivity contribution in [1.29, 1.82) is 0 Å². The third-order valence-electron chi connectivity index (χ3n) is 4.38. The van der Waals surface area contributed by atoms with Gasteiger partial charge in [-0.05, 0) is 43.9 Å². The van der Waals surface area contributed by atoms with Crippen molar-refractivity contribution >= 4 is 27.5 Å². The van der Waals surface area contributed by atoms with Gasteiger partial charge in [0.1, 0.15) is 0 Å². The fraction of sp³-hybridized carbons (Fsp3) is 0.368. The van der Waals surface area contributed by atoms with Gasteiger partial charge in [-0.25, -0.2) is 4.57 Å². The van der Waals surface area contributed by atoms with Crippen LogP contribution in [0.2, 0.25) is 0 Å². The third kappa shape index (κ3) is 4.41. The lowest BCUT2D eigenvalue weighted by molar-refractivity contribution is -0.669. The highest BCUT2D eigenvalue weighted by Crippen LogP contribution is 2.20. The number of pyridine rings is 1. The number of benzene rings is 1. The van der Waals surface area contributed by atoms with E-state index in [1.165, 1.54) is 32.1 Å². The molecule has 3 nitrogen and oxygen atoms in total. The Hall–Kier alpha value is -1.68. The summed E-state index contributed by atoms with van der Waals surface area (Å²) in [6.07, 6.45) is 8.34. The van der Waals surface area contributed by atoms with E-state index in [0.717, 1.165) is 15.9 Å². The Kier molecular flexibility index (Phi) is 5.44. The molecule has 23 heavy (non-hydrogen) atoms. The van der Waals surface area contributed by atoms with Crippen LogP contribution in [0.3, 0.4) is 0 Å². The largest absolute Gasteiger partial charge is 0.290 e. The predicted molar refractivity (Wildman–Crippen MR) is 95.6 cm³/mol. The number of rotatable bonds is 5. The molecule has 0 spiro atoms. The van der Waals surface area contributed by atoms with Crippen LogP contribution in [0.4, 0.5) is 5.82 Å². The molecule has 3 rings (SSSR count). The highest BCUT2D eigenvalue weighted by Gasteiger charge is 2.20. The Morgan fingerprint density at radius 1 is 1.09 bits per heavy atom. The van der Waals surface area contributed by atoms with E-state index in [0.29, 0.717) is 12.6 Å². The molecule has 0 saturated heterocycles. The number of anilines is 1. The fourth-order valence-corrected chi connectivity index (χ4v) is 3.35. The number of carbonyl (C=O) groups excluding carboxylic acids is 1. The standard InChI is InChI=1S/C19H21BrN2O/c20-16-11-9-15(10-12-16)18(23)14-22-13-5-4-8-19(22)21-17-6-2-1-3-7-17/h4-5,8-13,17H,1-3,6-7,14H2/p+1. The summed E-state index contributed by atoms with van der Waals surface area (Å²) in [5.74, 6) is 1.16. The second-order valence-corrected chi connectivity index (χ2v) is 7.04. The van der Waals surface area contributed by atoms with Crippen LogP contribution in [0, 0.1) is 0 Å². The molecule has 0 atom stereocenters. The van der Waals surface area contributed by atoms with E-state index in [1.54, 1.807) is 0 Å². The summed E-state index contributed by atoms with van der Waals surface area (Å²) in [5, 5.41) is 3.62. The number of nitrogens with one attached hydrogen (secondary N) is 1. The lowest BCUT2D eigenvalue weighted by Crippen LogP contribution is -2.42. The molecule has 0 bridgehead atoms. The van der Waals surface area contributed by atoms with Crippen LogP contribution in [0.15, 0.2) is 53.1 Å². The van der Waals surface area contributed by atoms with Crippen LogP contribution < -0.4 is 9.88 Å². The first-order valence-electron chi connectivity index (χ1n) is 8.26. The van der Waals surface area contributed by atoms with Gasteiger partial charge in [0.25, 0.3) is 5.82 Å². The van der Waals surface area contributed by atoms with Crippen molar-refractivity contribution in [2.45, 2.75) is 44.7 Å². The quantitative estimate of drug-likeness (QED) is 0.623. The van der Waals surface area contributed by atoms with Gasteiger partial charge in [0.05, 0.1) is 12.2 Å². The first kappa shape index (κ1) is 16.2. The lowest BCUT2D eigenvalue weighted by atomic mass is 9.95. The molecular weight excluding hydrogens is 352 g/mol. The molecule has 1 aliphatic carbocycles. The maximum Gasteiger partial charge on any atom is 0.274 e. The highest BCUT2D eigenvalue weighted by molar-refractivity contribution is 9.10. The van der Waals surface area contributed by atoms with Gasteiger partial charge in [0.15, 0.2) is 6.54 Å². The number of hydrogen-bond donors (Lipinski definition) is 1. The maximum absolute atomic E-state index is 12.5. The van der Waals surface area contributed by atoms with E-state index in [4.69, 9.17) is 0 Å². The predicted octanol–water partition coefficient (Wildman–Crippen LogP) is 4.36. The van der Waals surface area contributed by atoms with Crippen LogP contribution in [0.1, 0.15) is 42.5 Å². The highest BCUT2D eigenvalue weighted by atomic mass is 79.9. The maximum atomic E-state index is 12.5. The second kappa shape index (κ2) is 7.73. The Balaban J connectivity index is 1.72. The third-order valence-corrected chi connectivity index (χ3v) is 4.91. The zero-order valence-corrected chi connectivity index (χ0v) is 14.8. The minimum Gasteiger partial charge on any atom is -0.290 e. The number of nitrogens with zero attached hydrogens (tertiary/aromatic N) is 1. The zero-order chi connectivity index (χ0) is 16.1. The van der Waals surface area contributed by atoms with Gasteiger partial charge in [-0.1, -0.05) is 40.5 Å². The Bertz CT molecular complexity index is 663. The first-order valence-corrected chi connectivity index (χ1v) is 9.05. The summed E-state index contributed by atoms with van der Waals surface area (Å²) < 4.78 is 3.00. The summed E-state index contributed by atoms with van der Waals surface area (Å²) in [4.78, 5) is 12.5. The number of carbonyl (C=O) groups is 1. The van der Waals surface area contributed by atoms with Crippen LogP contribution in [-0.4, -0.2) is 11.8 Å². The Labute approximate surface area is 145 Å². The van der Waals surface area contributed by atoms with Crippen LogP contribution in [0.5, 0.6) is 0 Å². The molecule has 0 aliphatic heterocycles. The molecule has 2 aromatic rings. The molecule has 1 fully saturated rings. The van der Waals surface area contributed by atoms with Crippen molar-refractivity contribution in [2.24, 2.45) is 0 Å². The monoisotopic (exact) mass is 373 g/mol. The van der Waals surface area contributed by atoms with Gasteiger partial charge >= 0.3 is 0 Å². The Morgan fingerprint density at radius 2 is 1.83 bits per heavy atom. The molecule has 1 aromatic heterocycles. The molecule has 4 heteroatoms. The summed E-state index contributed by atoms with van der Waals surface area (Å²) in [6, 6.07) is 14.1. The van der Waals surface area contributed by atoms with Crippen LogP contribution in [0.25, 0.3) is 0 Å². The number of hydrogen-bond acceptors (Lipinski definition) is 2. The summed E-state index contributed by atoms with van der Waals surface area (Å²) in [5.41, 5.74) is 0.744. The van der Waals surface area contributed by atoms with E-state index < -0.39 is 0 Å². The minimum absolute atomic E-state index is 0.125. The lowest BCUT2D eigenvalue weighted by Gasteiger charge is -2.20. The number of aromatic nitrogens is 1. The van der Waals surface area contributed by atoms with Crippen LogP contribution in [-0.2, 0) is 6.54 Å². The zero-order valence-electron chi connectivity index (χ0n) is 13.2. The molecule has 1 heterocycles. The SMILES string of the molecule is O=C(C[n+]1ccccc1NC1CCCCC1)c1ccc(Br)cc1. The molecule has 120 valence electrons. The van der Waals surface area contributed by atoms with E-state index in [-0.39, 0.29) is 5.78 Å². The fourth-order valence-electron chi connectivity index (χ4n) is 3.08. The molecule has 0 radical (unpaired) electrons. The van der Waals surface area contributed by atoms with Crippen molar-refractivity contribution in [2.75, 3.05) is 5.32 Å². The van der Waals surface area contributed by atoms with Crippen molar-refractivity contribution in [3.63, 3.8) is 0 Å². The summed E-state index contributed by atoms with van der Waals surface area (Å²) >= 11 is 3.40. The molecule has 1 N–H and O–H groups in total. The van der Waals surface area contributed by atoms with Gasteiger partial charge < -0.3 is 0 Å². The van der Waals surface area contributed by atoms with Gasteiger partial charge in [-0.2, -0.15) is 0 Å². The molecule has 1 aromatic carbocycles. The molecule has 0 unspecified atom stereocenters. The average Bonchev–Trinajstić information content (AvgIpc) is 2.58. The van der Waals surface area contributed by atoms with E-state index in [1.807, 2.05) is 47.2 Å². The van der Waals surface area contributed by atoms with Gasteiger partial charge in [-0.15, -0.1) is 0 Å². The van der Waals surface area contributed by atoms with Crippen molar-refractivity contribution in [3.8, 4) is 0 Å².